The molecular formula is C30H44N2O4. The number of unbranched alkanes of at least 4 members (excludes halogenated alkanes) is 2. The molecule has 0 fully saturated rings. The molecule has 1 amide bonds. The Morgan fingerprint density at radius 1 is 0.889 bits per heavy atom. The van der Waals surface area contributed by atoms with Crippen molar-refractivity contribution in [1.29, 1.82) is 0 Å². The summed E-state index contributed by atoms with van der Waals surface area (Å²) in [7, 11) is 0. The molecule has 0 saturated heterocycles. The maximum absolute atomic E-state index is 12.5. The number of aliphatic hydroxyl groups excluding tert-OH is 1. The zero-order valence-corrected chi connectivity index (χ0v) is 22.2. The summed E-state index contributed by atoms with van der Waals surface area (Å²) in [5, 5.41) is 13.6. The summed E-state index contributed by atoms with van der Waals surface area (Å²) >= 11 is 0. The van der Waals surface area contributed by atoms with Gasteiger partial charge in [0.2, 0.25) is 5.91 Å². The third-order valence-electron chi connectivity index (χ3n) is 6.71. The van der Waals surface area contributed by atoms with Crippen molar-refractivity contribution in [2.45, 2.75) is 95.7 Å². The summed E-state index contributed by atoms with van der Waals surface area (Å²) in [4.78, 5) is 24.3. The Bertz CT molecular complexity index is 917. The highest BCUT2D eigenvalue weighted by Crippen LogP contribution is 2.21. The summed E-state index contributed by atoms with van der Waals surface area (Å²) in [6, 6.07) is 20.5. The molecule has 0 aliphatic carbocycles. The number of nitrogens with two attached hydrogens (primary N) is 1. The highest BCUT2D eigenvalue weighted by Gasteiger charge is 2.32. The van der Waals surface area contributed by atoms with Crippen molar-refractivity contribution in [2.24, 2.45) is 5.73 Å². The van der Waals surface area contributed by atoms with E-state index in [1.54, 1.807) is 6.92 Å². The van der Waals surface area contributed by atoms with Crippen molar-refractivity contribution in [3.05, 3.63) is 71.8 Å². The predicted molar refractivity (Wildman–Crippen MR) is 144 cm³/mol. The molecule has 0 aliphatic rings. The molecule has 2 rings (SSSR count). The fourth-order valence-electron chi connectivity index (χ4n) is 4.42. The molecular weight excluding hydrogens is 452 g/mol. The van der Waals surface area contributed by atoms with Gasteiger partial charge < -0.3 is 20.9 Å². The fraction of sp³-hybridized carbons (Fsp3) is 0.533. The lowest BCUT2D eigenvalue weighted by Gasteiger charge is -2.32. The van der Waals surface area contributed by atoms with Crippen LogP contribution in [0.5, 0.6) is 0 Å². The van der Waals surface area contributed by atoms with Crippen molar-refractivity contribution in [1.82, 2.24) is 5.32 Å². The number of esters is 1. The van der Waals surface area contributed by atoms with Gasteiger partial charge in [-0.1, -0.05) is 73.5 Å². The van der Waals surface area contributed by atoms with Crippen molar-refractivity contribution in [3.63, 3.8) is 0 Å². The Hall–Kier alpha value is -2.70. The van der Waals surface area contributed by atoms with Crippen LogP contribution in [0.25, 0.3) is 0 Å². The lowest BCUT2D eigenvalue weighted by atomic mass is 9.87. The lowest BCUT2D eigenvalue weighted by molar-refractivity contribution is -0.150. The van der Waals surface area contributed by atoms with Crippen LogP contribution in [0.15, 0.2) is 60.7 Å². The number of benzene rings is 2. The van der Waals surface area contributed by atoms with Gasteiger partial charge >= 0.3 is 5.97 Å². The second-order valence-electron chi connectivity index (χ2n) is 10.5. The highest BCUT2D eigenvalue weighted by atomic mass is 16.5. The van der Waals surface area contributed by atoms with Gasteiger partial charge in [-0.15, -0.1) is 0 Å². The number of aryl methyl sites for hydroxylation is 2. The quantitative estimate of drug-likeness (QED) is 0.231. The van der Waals surface area contributed by atoms with Gasteiger partial charge in [0.25, 0.3) is 0 Å². The second-order valence-corrected chi connectivity index (χ2v) is 10.5. The van der Waals surface area contributed by atoms with Gasteiger partial charge in [0, 0.05) is 12.5 Å². The Balaban J connectivity index is 1.75. The van der Waals surface area contributed by atoms with Crippen molar-refractivity contribution in [3.8, 4) is 0 Å². The lowest BCUT2D eigenvalue weighted by Crippen LogP contribution is -2.51. The number of ether oxygens (including phenoxy) is 1. The maximum atomic E-state index is 12.5. The zero-order chi connectivity index (χ0) is 26.4. The molecule has 0 bridgehead atoms. The van der Waals surface area contributed by atoms with E-state index in [4.69, 9.17) is 10.5 Å². The summed E-state index contributed by atoms with van der Waals surface area (Å²) < 4.78 is 5.50. The Kier molecular flexibility index (Phi) is 12.1. The van der Waals surface area contributed by atoms with Crippen LogP contribution in [0, 0.1) is 0 Å². The number of nitrogens with one attached hydrogen (secondary N) is 1. The molecule has 0 saturated carbocycles. The molecule has 2 aromatic rings. The molecule has 0 radical (unpaired) electrons. The number of hydrogen-bond donors (Lipinski definition) is 3. The van der Waals surface area contributed by atoms with Crippen LogP contribution in [-0.4, -0.2) is 40.8 Å². The van der Waals surface area contributed by atoms with Crippen molar-refractivity contribution in [2.75, 3.05) is 6.61 Å². The fourth-order valence-corrected chi connectivity index (χ4v) is 4.42. The first-order valence-electron chi connectivity index (χ1n) is 13.1. The van der Waals surface area contributed by atoms with Gasteiger partial charge in [-0.3, -0.25) is 9.59 Å². The van der Waals surface area contributed by atoms with Crippen molar-refractivity contribution < 1.29 is 19.4 Å². The van der Waals surface area contributed by atoms with Gasteiger partial charge in [0.15, 0.2) is 0 Å². The van der Waals surface area contributed by atoms with E-state index in [9.17, 15) is 14.7 Å². The van der Waals surface area contributed by atoms with Gasteiger partial charge in [-0.2, -0.15) is 0 Å². The first-order valence-corrected chi connectivity index (χ1v) is 13.1. The van der Waals surface area contributed by atoms with E-state index < -0.39 is 23.2 Å². The number of carbonyl (C=O) groups excluding carboxylic acids is 2. The zero-order valence-electron chi connectivity index (χ0n) is 22.2. The minimum Gasteiger partial charge on any atom is -0.463 e. The van der Waals surface area contributed by atoms with E-state index in [0.29, 0.717) is 12.8 Å². The molecule has 0 spiro atoms. The SMILES string of the molecule is CC(=O)NC(C)(CCCCc1ccccc1)COC(=O)CC(O)C(C)(N)CCCCc1ccccc1. The normalized spacial score (nSPS) is 15.4. The molecule has 198 valence electrons. The minimum atomic E-state index is -1.00. The molecule has 6 nitrogen and oxygen atoms in total. The van der Waals surface area contributed by atoms with Crippen LogP contribution in [0.1, 0.15) is 76.8 Å². The topological polar surface area (TPSA) is 102 Å². The standard InChI is InChI=1S/C30H44N2O4/c1-24(33)32-29(2,20-12-10-18-25-14-6-4-7-15-25)23-36-28(35)22-27(34)30(3,31)21-13-11-19-26-16-8-5-9-17-26/h4-9,14-17,27,34H,10-13,18-23,31H2,1-3H3,(H,32,33). The number of hydrogen-bond acceptors (Lipinski definition) is 5. The van der Waals surface area contributed by atoms with E-state index in [-0.39, 0.29) is 18.9 Å². The number of amides is 1. The third-order valence-corrected chi connectivity index (χ3v) is 6.71. The Morgan fingerprint density at radius 2 is 1.39 bits per heavy atom. The summed E-state index contributed by atoms with van der Waals surface area (Å²) in [6.07, 6.45) is 5.73. The van der Waals surface area contributed by atoms with Gasteiger partial charge in [-0.05, 0) is 63.5 Å². The van der Waals surface area contributed by atoms with Crippen LogP contribution in [-0.2, 0) is 27.2 Å². The molecule has 0 heterocycles. The number of carbonyl (C=O) groups is 2. The van der Waals surface area contributed by atoms with Crippen molar-refractivity contribution >= 4 is 11.9 Å². The van der Waals surface area contributed by atoms with Crippen LogP contribution in [0.3, 0.4) is 0 Å². The summed E-state index contributed by atoms with van der Waals surface area (Å²) in [5.74, 6) is -0.675. The maximum Gasteiger partial charge on any atom is 0.308 e. The molecule has 0 aliphatic heterocycles. The molecule has 3 atom stereocenters. The van der Waals surface area contributed by atoms with Gasteiger partial charge in [0.05, 0.1) is 18.1 Å². The van der Waals surface area contributed by atoms with E-state index in [1.165, 1.54) is 18.1 Å². The average Bonchev–Trinajstić information content (AvgIpc) is 2.84. The van der Waals surface area contributed by atoms with E-state index in [1.807, 2.05) is 43.3 Å². The third kappa shape index (κ3) is 11.4. The Morgan fingerprint density at radius 3 is 1.89 bits per heavy atom. The van der Waals surface area contributed by atoms with Gasteiger partial charge in [-0.25, -0.2) is 0 Å². The number of aliphatic hydroxyl groups is 1. The highest BCUT2D eigenvalue weighted by molar-refractivity contribution is 5.74. The van der Waals surface area contributed by atoms with E-state index >= 15 is 0 Å². The average molecular weight is 497 g/mol. The summed E-state index contributed by atoms with van der Waals surface area (Å²) in [6.45, 7) is 5.19. The van der Waals surface area contributed by atoms with E-state index in [0.717, 1.165) is 38.5 Å². The predicted octanol–water partition coefficient (Wildman–Crippen LogP) is 4.72. The molecule has 36 heavy (non-hydrogen) atoms. The first-order chi connectivity index (χ1) is 17.1. The van der Waals surface area contributed by atoms with Crippen LogP contribution in [0.4, 0.5) is 0 Å². The smallest absolute Gasteiger partial charge is 0.308 e. The van der Waals surface area contributed by atoms with E-state index in [2.05, 4.69) is 29.6 Å². The number of rotatable bonds is 16. The largest absolute Gasteiger partial charge is 0.463 e. The minimum absolute atomic E-state index is 0.0574. The Labute approximate surface area is 216 Å². The molecule has 4 N–H and O–H groups in total. The molecule has 2 aromatic carbocycles. The first kappa shape index (κ1) is 29.5. The van der Waals surface area contributed by atoms with Gasteiger partial charge in [0.1, 0.15) is 6.61 Å². The van der Waals surface area contributed by atoms with Crippen LogP contribution < -0.4 is 11.1 Å². The molecule has 3 unspecified atom stereocenters. The monoisotopic (exact) mass is 496 g/mol. The molecule has 6 heteroatoms. The second kappa shape index (κ2) is 14.8. The van der Waals surface area contributed by atoms with Crippen LogP contribution in [0.2, 0.25) is 0 Å². The molecule has 0 aromatic heterocycles. The summed E-state index contributed by atoms with van der Waals surface area (Å²) in [5.41, 5.74) is 7.37. The van der Waals surface area contributed by atoms with Crippen LogP contribution >= 0.6 is 0 Å².